The molecular formula is C23H50OSi. The molecule has 152 valence electrons. The third-order valence-corrected chi connectivity index (χ3v) is 10.6. The summed E-state index contributed by atoms with van der Waals surface area (Å²) >= 11 is 0. The average Bonchev–Trinajstić information content (AvgIpc) is 2.58. The van der Waals surface area contributed by atoms with E-state index in [4.69, 9.17) is 4.43 Å². The Balaban J connectivity index is 4.30. The van der Waals surface area contributed by atoms with E-state index in [2.05, 4.69) is 34.6 Å². The highest BCUT2D eigenvalue weighted by atomic mass is 28.4. The Morgan fingerprint density at radius 2 is 1.00 bits per heavy atom. The van der Waals surface area contributed by atoms with Gasteiger partial charge < -0.3 is 4.43 Å². The minimum atomic E-state index is -1.49. The van der Waals surface area contributed by atoms with Gasteiger partial charge in [0.1, 0.15) is 0 Å². The number of hydrogen-bond acceptors (Lipinski definition) is 1. The van der Waals surface area contributed by atoms with E-state index in [0.717, 1.165) is 0 Å². The van der Waals surface area contributed by atoms with Crippen LogP contribution in [0, 0.1) is 0 Å². The molecule has 1 atom stereocenters. The van der Waals surface area contributed by atoms with E-state index in [0.29, 0.717) is 6.10 Å². The molecule has 25 heavy (non-hydrogen) atoms. The molecule has 0 aliphatic carbocycles. The first-order chi connectivity index (χ1) is 12.2. The Kier molecular flexibility index (Phi) is 17.7. The Labute approximate surface area is 161 Å². The zero-order valence-electron chi connectivity index (χ0n) is 18.5. The lowest BCUT2D eigenvalue weighted by Gasteiger charge is -2.35. The predicted molar refractivity (Wildman–Crippen MR) is 118 cm³/mol. The van der Waals surface area contributed by atoms with Gasteiger partial charge in [0.2, 0.25) is 0 Å². The summed E-state index contributed by atoms with van der Waals surface area (Å²) in [4.78, 5) is 0. The molecule has 2 heteroatoms. The Morgan fingerprint density at radius 1 is 0.520 bits per heavy atom. The molecule has 0 heterocycles. The van der Waals surface area contributed by atoms with Crippen LogP contribution in [0.25, 0.3) is 0 Å². The standard InChI is InChI=1S/C23H50OSi/c1-6-11-12-13-14-15-16-17-19-23(18-7-2)24-25(20-8-3,21-9-4)22-10-5/h23H,6-22H2,1-5H3. The van der Waals surface area contributed by atoms with Gasteiger partial charge in [-0.15, -0.1) is 0 Å². The lowest BCUT2D eigenvalue weighted by Crippen LogP contribution is -2.41. The Hall–Kier alpha value is 0.177. The van der Waals surface area contributed by atoms with Crippen molar-refractivity contribution >= 4 is 8.32 Å². The second-order valence-corrected chi connectivity index (χ2v) is 12.3. The van der Waals surface area contributed by atoms with Crippen molar-refractivity contribution in [3.05, 3.63) is 0 Å². The van der Waals surface area contributed by atoms with Crippen LogP contribution in [-0.4, -0.2) is 14.4 Å². The maximum atomic E-state index is 7.00. The van der Waals surface area contributed by atoms with Crippen LogP contribution in [0.5, 0.6) is 0 Å². The first-order valence-corrected chi connectivity index (χ1v) is 14.4. The minimum absolute atomic E-state index is 0.557. The molecule has 0 aromatic carbocycles. The van der Waals surface area contributed by atoms with Crippen LogP contribution < -0.4 is 0 Å². The highest BCUT2D eigenvalue weighted by Crippen LogP contribution is 2.31. The van der Waals surface area contributed by atoms with Crippen molar-refractivity contribution in [2.24, 2.45) is 0 Å². The van der Waals surface area contributed by atoms with Crippen LogP contribution in [0.4, 0.5) is 0 Å². The van der Waals surface area contributed by atoms with E-state index in [1.165, 1.54) is 108 Å². The van der Waals surface area contributed by atoms with Crippen molar-refractivity contribution in [2.75, 3.05) is 0 Å². The normalized spacial score (nSPS) is 13.3. The highest BCUT2D eigenvalue weighted by molar-refractivity contribution is 6.73. The SMILES string of the molecule is CCCCCCCCCCC(CCC)O[Si](CCC)(CCC)CCC. The van der Waals surface area contributed by atoms with Gasteiger partial charge in [-0.05, 0) is 31.0 Å². The molecule has 0 radical (unpaired) electrons. The van der Waals surface area contributed by atoms with E-state index >= 15 is 0 Å². The summed E-state index contributed by atoms with van der Waals surface area (Å²) in [6.45, 7) is 11.7. The molecule has 0 rings (SSSR count). The molecule has 1 unspecified atom stereocenters. The maximum absolute atomic E-state index is 7.00. The highest BCUT2D eigenvalue weighted by Gasteiger charge is 2.34. The van der Waals surface area contributed by atoms with Crippen molar-refractivity contribution in [2.45, 2.75) is 149 Å². The molecule has 0 saturated carbocycles. The van der Waals surface area contributed by atoms with Crippen LogP contribution in [0.1, 0.15) is 125 Å². The second kappa shape index (κ2) is 17.6. The molecule has 0 amide bonds. The molecule has 1 nitrogen and oxygen atoms in total. The van der Waals surface area contributed by atoms with Crippen LogP contribution in [-0.2, 0) is 4.43 Å². The van der Waals surface area contributed by atoms with Crippen molar-refractivity contribution < 1.29 is 4.43 Å². The van der Waals surface area contributed by atoms with E-state index in [1.807, 2.05) is 0 Å². The summed E-state index contributed by atoms with van der Waals surface area (Å²) in [5, 5.41) is 0. The molecule has 0 spiro atoms. The molecule has 0 aliphatic heterocycles. The Bertz CT molecular complexity index is 250. The third-order valence-electron chi connectivity index (χ3n) is 5.52. The topological polar surface area (TPSA) is 9.23 Å². The number of unbranched alkanes of at least 4 members (excludes halogenated alkanes) is 7. The number of rotatable bonds is 19. The quantitative estimate of drug-likeness (QED) is 0.163. The predicted octanol–water partition coefficient (Wildman–Crippen LogP) is 8.88. The molecule has 0 aliphatic rings. The monoisotopic (exact) mass is 370 g/mol. The first kappa shape index (κ1) is 25.2. The van der Waals surface area contributed by atoms with Crippen molar-refractivity contribution in [1.82, 2.24) is 0 Å². The average molecular weight is 371 g/mol. The van der Waals surface area contributed by atoms with E-state index in [1.54, 1.807) is 0 Å². The zero-order chi connectivity index (χ0) is 18.8. The maximum Gasteiger partial charge on any atom is 0.193 e. The van der Waals surface area contributed by atoms with Crippen molar-refractivity contribution in [3.63, 3.8) is 0 Å². The molecule has 0 N–H and O–H groups in total. The van der Waals surface area contributed by atoms with E-state index < -0.39 is 8.32 Å². The summed E-state index contributed by atoms with van der Waals surface area (Å²) in [7, 11) is -1.49. The molecule has 0 aromatic rings. The Morgan fingerprint density at radius 3 is 1.44 bits per heavy atom. The summed E-state index contributed by atoms with van der Waals surface area (Å²) in [6, 6.07) is 4.14. The van der Waals surface area contributed by atoms with E-state index in [-0.39, 0.29) is 0 Å². The van der Waals surface area contributed by atoms with Gasteiger partial charge in [0, 0.05) is 6.10 Å². The van der Waals surface area contributed by atoms with Gasteiger partial charge in [-0.3, -0.25) is 0 Å². The van der Waals surface area contributed by atoms with Gasteiger partial charge in [0.15, 0.2) is 8.32 Å². The van der Waals surface area contributed by atoms with Gasteiger partial charge >= 0.3 is 0 Å². The number of hydrogen-bond donors (Lipinski definition) is 0. The van der Waals surface area contributed by atoms with E-state index in [9.17, 15) is 0 Å². The van der Waals surface area contributed by atoms with Crippen LogP contribution >= 0.6 is 0 Å². The summed E-state index contributed by atoms with van der Waals surface area (Å²) in [6.07, 6.45) is 19.7. The zero-order valence-corrected chi connectivity index (χ0v) is 19.5. The van der Waals surface area contributed by atoms with Gasteiger partial charge in [-0.1, -0.05) is 112 Å². The summed E-state index contributed by atoms with van der Waals surface area (Å²) in [5.74, 6) is 0. The lowest BCUT2D eigenvalue weighted by molar-refractivity contribution is 0.159. The largest absolute Gasteiger partial charge is 0.414 e. The molecule has 0 aromatic heterocycles. The van der Waals surface area contributed by atoms with Gasteiger partial charge in [0.05, 0.1) is 0 Å². The minimum Gasteiger partial charge on any atom is -0.414 e. The molecule has 0 saturated heterocycles. The van der Waals surface area contributed by atoms with Crippen LogP contribution in [0.2, 0.25) is 18.1 Å². The fourth-order valence-electron chi connectivity index (χ4n) is 4.36. The van der Waals surface area contributed by atoms with Crippen molar-refractivity contribution in [1.29, 1.82) is 0 Å². The molecular weight excluding hydrogens is 320 g/mol. The molecule has 0 fully saturated rings. The second-order valence-electron chi connectivity index (χ2n) is 8.23. The first-order valence-electron chi connectivity index (χ1n) is 11.9. The van der Waals surface area contributed by atoms with Gasteiger partial charge in [-0.2, -0.15) is 0 Å². The lowest BCUT2D eigenvalue weighted by atomic mass is 10.0. The third kappa shape index (κ3) is 13.1. The fraction of sp³-hybridized carbons (Fsp3) is 1.00. The van der Waals surface area contributed by atoms with Crippen LogP contribution in [0.3, 0.4) is 0 Å². The van der Waals surface area contributed by atoms with Gasteiger partial charge in [0.25, 0.3) is 0 Å². The smallest absolute Gasteiger partial charge is 0.193 e. The fourth-order valence-corrected chi connectivity index (χ4v) is 9.14. The van der Waals surface area contributed by atoms with Crippen LogP contribution in [0.15, 0.2) is 0 Å². The molecule has 0 bridgehead atoms. The summed E-state index contributed by atoms with van der Waals surface area (Å²) in [5.41, 5.74) is 0. The summed E-state index contributed by atoms with van der Waals surface area (Å²) < 4.78 is 7.00. The van der Waals surface area contributed by atoms with Gasteiger partial charge in [-0.25, -0.2) is 0 Å². The van der Waals surface area contributed by atoms with Crippen molar-refractivity contribution in [3.8, 4) is 0 Å².